The van der Waals surface area contributed by atoms with Crippen LogP contribution < -0.4 is 0 Å². The topological polar surface area (TPSA) is 54.3 Å². The van der Waals surface area contributed by atoms with Crippen molar-refractivity contribution in [3.63, 3.8) is 0 Å². The second kappa shape index (κ2) is 8.84. The Balaban J connectivity index is 1.27. The SMILES string of the molecule is Cc1ccccc1CN1CCN(C(=O)Cn2nc(C)c3c(-c4cccs4)ccnc32)CC1. The van der Waals surface area contributed by atoms with Gasteiger partial charge >= 0.3 is 0 Å². The fourth-order valence-electron chi connectivity index (χ4n) is 4.44. The smallest absolute Gasteiger partial charge is 0.244 e. The summed E-state index contributed by atoms with van der Waals surface area (Å²) >= 11 is 1.70. The highest BCUT2D eigenvalue weighted by Crippen LogP contribution is 2.32. The first-order chi connectivity index (χ1) is 15.6. The standard InChI is InChI=1S/C25H27N5OS/c1-18-6-3-4-7-20(18)16-28-11-13-29(14-12-28)23(31)17-30-25-24(19(2)27-30)21(9-10-26-25)22-8-5-15-32-22/h3-10,15H,11-14,16-17H2,1-2H3. The molecule has 4 heterocycles. The molecule has 7 heteroatoms. The van der Waals surface area contributed by atoms with E-state index in [0.717, 1.165) is 55.0 Å². The fourth-order valence-corrected chi connectivity index (χ4v) is 5.20. The highest BCUT2D eigenvalue weighted by molar-refractivity contribution is 7.13. The van der Waals surface area contributed by atoms with Crippen molar-refractivity contribution in [3.05, 3.63) is 70.9 Å². The molecule has 1 aromatic carbocycles. The molecule has 32 heavy (non-hydrogen) atoms. The lowest BCUT2D eigenvalue weighted by molar-refractivity contribution is -0.133. The highest BCUT2D eigenvalue weighted by Gasteiger charge is 2.23. The van der Waals surface area contributed by atoms with E-state index in [-0.39, 0.29) is 12.5 Å². The number of pyridine rings is 1. The molecular weight excluding hydrogens is 418 g/mol. The summed E-state index contributed by atoms with van der Waals surface area (Å²) in [6.45, 7) is 8.58. The van der Waals surface area contributed by atoms with Crippen LogP contribution in [0.1, 0.15) is 16.8 Å². The van der Waals surface area contributed by atoms with E-state index in [9.17, 15) is 4.79 Å². The number of aryl methyl sites for hydroxylation is 2. The summed E-state index contributed by atoms with van der Waals surface area (Å²) in [7, 11) is 0. The number of carbonyl (C=O) groups is 1. The number of benzene rings is 1. The van der Waals surface area contributed by atoms with Gasteiger partial charge in [-0.1, -0.05) is 30.3 Å². The Labute approximate surface area is 192 Å². The Morgan fingerprint density at radius 2 is 1.84 bits per heavy atom. The zero-order chi connectivity index (χ0) is 22.1. The molecule has 6 nitrogen and oxygen atoms in total. The molecule has 1 fully saturated rings. The molecule has 0 bridgehead atoms. The van der Waals surface area contributed by atoms with E-state index in [1.807, 2.05) is 30.2 Å². The van der Waals surface area contributed by atoms with Gasteiger partial charge < -0.3 is 4.90 Å². The second-order valence-corrected chi connectivity index (χ2v) is 9.31. The van der Waals surface area contributed by atoms with Gasteiger partial charge in [0.25, 0.3) is 0 Å². The maximum atomic E-state index is 13.1. The van der Waals surface area contributed by atoms with Crippen LogP contribution in [0.3, 0.4) is 0 Å². The van der Waals surface area contributed by atoms with Gasteiger partial charge in [0.15, 0.2) is 5.65 Å². The first-order valence-electron chi connectivity index (χ1n) is 11.0. The van der Waals surface area contributed by atoms with Gasteiger partial charge in [-0.3, -0.25) is 9.69 Å². The van der Waals surface area contributed by atoms with Crippen LogP contribution >= 0.6 is 11.3 Å². The number of amides is 1. The molecule has 4 aromatic rings. The predicted octanol–water partition coefficient (Wildman–Crippen LogP) is 4.12. The summed E-state index contributed by atoms with van der Waals surface area (Å²) in [6.07, 6.45) is 1.81. The Bertz CT molecular complexity index is 1240. The molecule has 3 aromatic heterocycles. The molecule has 5 rings (SSSR count). The van der Waals surface area contributed by atoms with Crippen molar-refractivity contribution >= 4 is 28.3 Å². The third-order valence-electron chi connectivity index (χ3n) is 6.26. The van der Waals surface area contributed by atoms with Gasteiger partial charge in [0.1, 0.15) is 6.54 Å². The molecule has 1 saturated heterocycles. The summed E-state index contributed by atoms with van der Waals surface area (Å²) in [5, 5.41) is 7.78. The van der Waals surface area contributed by atoms with Gasteiger partial charge in [0.05, 0.1) is 11.1 Å². The number of aromatic nitrogens is 3. The van der Waals surface area contributed by atoms with E-state index in [1.165, 1.54) is 16.0 Å². The van der Waals surface area contributed by atoms with Crippen LogP contribution in [0.2, 0.25) is 0 Å². The number of carbonyl (C=O) groups excluding carboxylic acids is 1. The summed E-state index contributed by atoms with van der Waals surface area (Å²) in [5.41, 5.74) is 5.50. The average Bonchev–Trinajstić information content (AvgIpc) is 3.45. The number of rotatable bonds is 5. The van der Waals surface area contributed by atoms with Crippen molar-refractivity contribution in [2.45, 2.75) is 26.9 Å². The normalized spacial score (nSPS) is 14.9. The molecule has 1 aliphatic rings. The Morgan fingerprint density at radius 1 is 1.03 bits per heavy atom. The number of thiophene rings is 1. The van der Waals surface area contributed by atoms with Gasteiger partial charge in [-0.2, -0.15) is 5.10 Å². The van der Waals surface area contributed by atoms with Gasteiger partial charge in [-0.05, 0) is 42.5 Å². The largest absolute Gasteiger partial charge is 0.339 e. The van der Waals surface area contributed by atoms with E-state index >= 15 is 0 Å². The van der Waals surface area contributed by atoms with E-state index in [4.69, 9.17) is 0 Å². The van der Waals surface area contributed by atoms with Crippen LogP contribution in [0.25, 0.3) is 21.5 Å². The van der Waals surface area contributed by atoms with Crippen LogP contribution in [0.4, 0.5) is 0 Å². The van der Waals surface area contributed by atoms with Gasteiger partial charge in [-0.25, -0.2) is 9.67 Å². The predicted molar refractivity (Wildman–Crippen MR) is 129 cm³/mol. The second-order valence-electron chi connectivity index (χ2n) is 8.36. The number of nitrogens with zero attached hydrogens (tertiary/aromatic N) is 5. The van der Waals surface area contributed by atoms with Crippen molar-refractivity contribution in [2.24, 2.45) is 0 Å². The van der Waals surface area contributed by atoms with Crippen LogP contribution in [0.15, 0.2) is 54.0 Å². The van der Waals surface area contributed by atoms with E-state index in [1.54, 1.807) is 16.0 Å². The third kappa shape index (κ3) is 4.06. The third-order valence-corrected chi connectivity index (χ3v) is 7.16. The minimum Gasteiger partial charge on any atom is -0.339 e. The van der Waals surface area contributed by atoms with Gasteiger partial charge in [0.2, 0.25) is 5.91 Å². The first kappa shape index (κ1) is 20.8. The molecule has 0 radical (unpaired) electrons. The van der Waals surface area contributed by atoms with E-state index in [0.29, 0.717) is 0 Å². The minimum absolute atomic E-state index is 0.105. The number of hydrogen-bond donors (Lipinski definition) is 0. The number of hydrogen-bond acceptors (Lipinski definition) is 5. The molecule has 0 unspecified atom stereocenters. The molecule has 1 aliphatic heterocycles. The molecule has 0 aliphatic carbocycles. The van der Waals surface area contributed by atoms with Crippen molar-refractivity contribution in [3.8, 4) is 10.4 Å². The van der Waals surface area contributed by atoms with Crippen LogP contribution in [-0.4, -0.2) is 56.7 Å². The van der Waals surface area contributed by atoms with Crippen molar-refractivity contribution in [2.75, 3.05) is 26.2 Å². The van der Waals surface area contributed by atoms with Crippen molar-refractivity contribution < 1.29 is 4.79 Å². The summed E-state index contributed by atoms with van der Waals surface area (Å²) < 4.78 is 1.77. The van der Waals surface area contributed by atoms with Crippen molar-refractivity contribution in [1.29, 1.82) is 0 Å². The lowest BCUT2D eigenvalue weighted by Crippen LogP contribution is -2.49. The molecule has 0 spiro atoms. The Hall–Kier alpha value is -3.03. The Kier molecular flexibility index (Phi) is 5.76. The highest BCUT2D eigenvalue weighted by atomic mass is 32.1. The van der Waals surface area contributed by atoms with Crippen LogP contribution in [0.5, 0.6) is 0 Å². The monoisotopic (exact) mass is 445 g/mol. The van der Waals surface area contributed by atoms with E-state index in [2.05, 4.69) is 57.6 Å². The number of fused-ring (bicyclic) bond motifs is 1. The van der Waals surface area contributed by atoms with Crippen molar-refractivity contribution in [1.82, 2.24) is 24.6 Å². The molecule has 0 N–H and O–H groups in total. The molecule has 0 saturated carbocycles. The summed E-state index contributed by atoms with van der Waals surface area (Å²) in [4.78, 5) is 23.2. The lowest BCUT2D eigenvalue weighted by Gasteiger charge is -2.35. The van der Waals surface area contributed by atoms with Crippen LogP contribution in [-0.2, 0) is 17.9 Å². The maximum absolute atomic E-state index is 13.1. The number of piperazine rings is 1. The maximum Gasteiger partial charge on any atom is 0.244 e. The lowest BCUT2D eigenvalue weighted by atomic mass is 10.1. The zero-order valence-corrected chi connectivity index (χ0v) is 19.3. The first-order valence-corrected chi connectivity index (χ1v) is 11.9. The quantitative estimate of drug-likeness (QED) is 0.464. The molecule has 1 amide bonds. The van der Waals surface area contributed by atoms with Gasteiger partial charge in [-0.15, -0.1) is 11.3 Å². The summed E-state index contributed by atoms with van der Waals surface area (Å²) in [6, 6.07) is 14.7. The average molecular weight is 446 g/mol. The molecule has 164 valence electrons. The molecular formula is C25H27N5OS. The van der Waals surface area contributed by atoms with Crippen LogP contribution in [0, 0.1) is 13.8 Å². The molecule has 0 atom stereocenters. The zero-order valence-electron chi connectivity index (χ0n) is 18.5. The summed E-state index contributed by atoms with van der Waals surface area (Å²) in [5.74, 6) is 0.105. The Morgan fingerprint density at radius 3 is 2.59 bits per heavy atom. The van der Waals surface area contributed by atoms with E-state index < -0.39 is 0 Å². The minimum atomic E-state index is 0.105. The van der Waals surface area contributed by atoms with Gasteiger partial charge in [0, 0.05) is 49.4 Å². The fraction of sp³-hybridized carbons (Fsp3) is 0.320.